The van der Waals surface area contributed by atoms with Gasteiger partial charge in [0.05, 0.1) is 16.7 Å². The van der Waals surface area contributed by atoms with Gasteiger partial charge in [-0.1, -0.05) is 0 Å². The second kappa shape index (κ2) is 4.31. The molecular formula is C12H16N2O2S. The van der Waals surface area contributed by atoms with E-state index in [1.165, 1.54) is 0 Å². The Kier molecular flexibility index (Phi) is 3.14. The van der Waals surface area contributed by atoms with Crippen LogP contribution in [0.3, 0.4) is 0 Å². The van der Waals surface area contributed by atoms with Crippen LogP contribution in [-0.2, 0) is 0 Å². The Balaban J connectivity index is 2.27. The number of thiol groups is 1. The first kappa shape index (κ1) is 12.4. The number of rotatable bonds is 1. The quantitative estimate of drug-likeness (QED) is 0.742. The van der Waals surface area contributed by atoms with Crippen LogP contribution < -0.4 is 0 Å². The lowest BCUT2D eigenvalue weighted by molar-refractivity contribution is 0.0394. The molecule has 0 bridgehead atoms. The summed E-state index contributed by atoms with van der Waals surface area (Å²) in [5.74, 6) is -0.0794. The zero-order chi connectivity index (χ0) is 12.6. The predicted molar refractivity (Wildman–Crippen MR) is 67.2 cm³/mol. The van der Waals surface area contributed by atoms with Crippen LogP contribution in [0.5, 0.6) is 0 Å². The van der Waals surface area contributed by atoms with Crippen LogP contribution >= 0.6 is 12.6 Å². The fourth-order valence-electron chi connectivity index (χ4n) is 2.14. The van der Waals surface area contributed by atoms with Crippen molar-refractivity contribution >= 4 is 18.5 Å². The number of hydrogen-bond acceptors (Lipinski definition) is 4. The van der Waals surface area contributed by atoms with Gasteiger partial charge < -0.3 is 10.0 Å². The van der Waals surface area contributed by atoms with E-state index in [0.717, 1.165) is 0 Å². The molecule has 0 spiro atoms. The topological polar surface area (TPSA) is 53.4 Å². The van der Waals surface area contributed by atoms with Crippen LogP contribution in [0.25, 0.3) is 0 Å². The van der Waals surface area contributed by atoms with E-state index < -0.39 is 11.6 Å². The van der Waals surface area contributed by atoms with Crippen molar-refractivity contribution in [3.8, 4) is 0 Å². The van der Waals surface area contributed by atoms with Crippen molar-refractivity contribution < 1.29 is 9.90 Å². The molecule has 17 heavy (non-hydrogen) atoms. The maximum absolute atomic E-state index is 12.3. The number of aliphatic hydroxyl groups excluding tert-OH is 1. The van der Waals surface area contributed by atoms with Crippen molar-refractivity contribution in [1.82, 2.24) is 9.88 Å². The van der Waals surface area contributed by atoms with E-state index in [1.54, 1.807) is 23.2 Å². The van der Waals surface area contributed by atoms with Crippen LogP contribution in [0.1, 0.15) is 30.6 Å². The monoisotopic (exact) mass is 252 g/mol. The molecule has 1 aliphatic rings. The van der Waals surface area contributed by atoms with Gasteiger partial charge in [-0.3, -0.25) is 9.78 Å². The largest absolute Gasteiger partial charge is 0.391 e. The van der Waals surface area contributed by atoms with Gasteiger partial charge in [-0.25, -0.2) is 0 Å². The summed E-state index contributed by atoms with van der Waals surface area (Å²) < 4.78 is 0. The lowest BCUT2D eigenvalue weighted by atomic mass is 9.98. The van der Waals surface area contributed by atoms with E-state index in [0.29, 0.717) is 23.6 Å². The van der Waals surface area contributed by atoms with E-state index in [2.05, 4.69) is 17.6 Å². The standard InChI is InChI=1S/C12H16N2O2S/c1-12(2)9(15)4-6-14(12)11(16)8-3-5-13-10(17)7-8/h3,5,7,9,15H,4,6H2,1-2H3,(H,13,17). The van der Waals surface area contributed by atoms with Crippen molar-refractivity contribution in [1.29, 1.82) is 0 Å². The summed E-state index contributed by atoms with van der Waals surface area (Å²) in [5, 5.41) is 10.4. The number of pyridine rings is 1. The molecule has 0 saturated carbocycles. The van der Waals surface area contributed by atoms with Crippen molar-refractivity contribution in [2.24, 2.45) is 0 Å². The molecule has 1 amide bonds. The van der Waals surface area contributed by atoms with Gasteiger partial charge >= 0.3 is 0 Å². The number of aliphatic hydroxyl groups is 1. The van der Waals surface area contributed by atoms with E-state index in [1.807, 2.05) is 13.8 Å². The number of carbonyl (C=O) groups excluding carboxylic acids is 1. The second-order valence-electron chi connectivity index (χ2n) is 4.82. The first-order chi connectivity index (χ1) is 7.93. The third-order valence-corrected chi connectivity index (χ3v) is 3.62. The predicted octanol–water partition coefficient (Wildman–Crippen LogP) is 1.36. The van der Waals surface area contributed by atoms with E-state index in [-0.39, 0.29) is 5.91 Å². The van der Waals surface area contributed by atoms with Gasteiger partial charge in [-0.2, -0.15) is 0 Å². The fourth-order valence-corrected chi connectivity index (χ4v) is 2.35. The zero-order valence-corrected chi connectivity index (χ0v) is 10.8. The highest BCUT2D eigenvalue weighted by molar-refractivity contribution is 7.80. The molecule has 1 fully saturated rings. The van der Waals surface area contributed by atoms with Crippen molar-refractivity contribution in [3.63, 3.8) is 0 Å². The van der Waals surface area contributed by atoms with Gasteiger partial charge in [-0.05, 0) is 32.4 Å². The minimum absolute atomic E-state index is 0.0794. The van der Waals surface area contributed by atoms with Crippen LogP contribution in [-0.4, -0.2) is 39.1 Å². The molecule has 1 unspecified atom stereocenters. The van der Waals surface area contributed by atoms with Crippen molar-refractivity contribution in [2.75, 3.05) is 6.54 Å². The molecule has 0 aromatic carbocycles. The van der Waals surface area contributed by atoms with Crippen molar-refractivity contribution in [2.45, 2.75) is 36.9 Å². The molecule has 1 aromatic rings. The first-order valence-electron chi connectivity index (χ1n) is 5.58. The minimum atomic E-state index is -0.517. The Morgan fingerprint density at radius 2 is 2.35 bits per heavy atom. The van der Waals surface area contributed by atoms with Gasteiger partial charge in [0.15, 0.2) is 0 Å². The Labute approximate surface area is 106 Å². The molecular weight excluding hydrogens is 236 g/mol. The number of carbonyl (C=O) groups is 1. The average molecular weight is 252 g/mol. The maximum atomic E-state index is 12.3. The van der Waals surface area contributed by atoms with Crippen LogP contribution in [0.15, 0.2) is 23.4 Å². The molecule has 0 aliphatic carbocycles. The molecule has 2 rings (SSSR count). The fraction of sp³-hybridized carbons (Fsp3) is 0.500. The number of hydrogen-bond donors (Lipinski definition) is 2. The molecule has 1 N–H and O–H groups in total. The normalized spacial score (nSPS) is 22.8. The van der Waals surface area contributed by atoms with Crippen LogP contribution in [0, 0.1) is 0 Å². The van der Waals surface area contributed by atoms with Crippen LogP contribution in [0.2, 0.25) is 0 Å². The number of likely N-dealkylation sites (tertiary alicyclic amines) is 1. The summed E-state index contributed by atoms with van der Waals surface area (Å²) in [6, 6.07) is 3.31. The third kappa shape index (κ3) is 2.17. The smallest absolute Gasteiger partial charge is 0.254 e. The van der Waals surface area contributed by atoms with Gasteiger partial charge in [0, 0.05) is 18.3 Å². The molecule has 92 valence electrons. The Morgan fingerprint density at radius 1 is 1.65 bits per heavy atom. The summed E-state index contributed by atoms with van der Waals surface area (Å²) >= 11 is 4.12. The lowest BCUT2D eigenvalue weighted by Gasteiger charge is -2.33. The summed E-state index contributed by atoms with van der Waals surface area (Å²) in [6.45, 7) is 4.34. The van der Waals surface area contributed by atoms with Gasteiger partial charge in [0.25, 0.3) is 5.91 Å². The highest BCUT2D eigenvalue weighted by Gasteiger charge is 2.43. The Hall–Kier alpha value is -1.07. The molecule has 1 aliphatic heterocycles. The lowest BCUT2D eigenvalue weighted by Crippen LogP contribution is -2.48. The molecule has 5 heteroatoms. The SMILES string of the molecule is CC1(C)C(O)CCN1C(=O)c1ccnc(S)c1. The molecule has 1 atom stereocenters. The summed E-state index contributed by atoms with van der Waals surface area (Å²) in [6.07, 6.45) is 1.72. The van der Waals surface area contributed by atoms with Gasteiger partial charge in [-0.15, -0.1) is 12.6 Å². The van der Waals surface area contributed by atoms with Gasteiger partial charge in [0.1, 0.15) is 0 Å². The highest BCUT2D eigenvalue weighted by atomic mass is 32.1. The van der Waals surface area contributed by atoms with E-state index in [9.17, 15) is 9.90 Å². The zero-order valence-electron chi connectivity index (χ0n) is 9.92. The number of amides is 1. The minimum Gasteiger partial charge on any atom is -0.391 e. The number of nitrogens with zero attached hydrogens (tertiary/aromatic N) is 2. The highest BCUT2D eigenvalue weighted by Crippen LogP contribution is 2.30. The van der Waals surface area contributed by atoms with Crippen molar-refractivity contribution in [3.05, 3.63) is 23.9 Å². The van der Waals surface area contributed by atoms with Gasteiger partial charge in [0.2, 0.25) is 0 Å². The first-order valence-corrected chi connectivity index (χ1v) is 6.02. The van der Waals surface area contributed by atoms with Crippen LogP contribution in [0.4, 0.5) is 0 Å². The van der Waals surface area contributed by atoms with E-state index >= 15 is 0 Å². The summed E-state index contributed by atoms with van der Waals surface area (Å²) in [4.78, 5) is 18.0. The summed E-state index contributed by atoms with van der Waals surface area (Å²) in [7, 11) is 0. The second-order valence-corrected chi connectivity index (χ2v) is 5.28. The third-order valence-electron chi connectivity index (χ3n) is 3.37. The summed E-state index contributed by atoms with van der Waals surface area (Å²) in [5.41, 5.74) is 0.0454. The molecule has 4 nitrogen and oxygen atoms in total. The molecule has 1 saturated heterocycles. The molecule has 2 heterocycles. The van der Waals surface area contributed by atoms with E-state index in [4.69, 9.17) is 0 Å². The average Bonchev–Trinajstić information content (AvgIpc) is 2.53. The number of aromatic nitrogens is 1. The Bertz CT molecular complexity index is 448. The molecule has 0 radical (unpaired) electrons. The Morgan fingerprint density at radius 3 is 2.88 bits per heavy atom. The molecule has 1 aromatic heterocycles. The maximum Gasteiger partial charge on any atom is 0.254 e.